The molecular weight excluding hydrogens is 208 g/mol. The molecule has 0 amide bonds. The third kappa shape index (κ3) is 2.35. The van der Waals surface area contributed by atoms with Gasteiger partial charge >= 0.3 is 5.97 Å². The van der Waals surface area contributed by atoms with E-state index in [2.05, 4.69) is 0 Å². The summed E-state index contributed by atoms with van der Waals surface area (Å²) < 4.78 is 25.5. The zero-order chi connectivity index (χ0) is 11.6. The Kier molecular flexibility index (Phi) is 3.11. The van der Waals surface area contributed by atoms with Crippen LogP contribution in [0.3, 0.4) is 0 Å². The van der Waals surface area contributed by atoms with Gasteiger partial charge in [0, 0.05) is 6.07 Å². The minimum atomic E-state index is -1.84. The first kappa shape index (κ1) is 11.3. The van der Waals surface area contributed by atoms with Gasteiger partial charge in [0.05, 0.1) is 5.56 Å². The highest BCUT2D eigenvalue weighted by molar-refractivity contribution is 6.11. The van der Waals surface area contributed by atoms with E-state index in [1.165, 1.54) is 0 Å². The molecule has 1 unspecified atom stereocenters. The van der Waals surface area contributed by atoms with Crippen LogP contribution >= 0.6 is 0 Å². The summed E-state index contributed by atoms with van der Waals surface area (Å²) in [7, 11) is 0. The number of hydrogen-bond acceptors (Lipinski definition) is 3. The molecule has 0 saturated carbocycles. The first-order chi connectivity index (χ1) is 6.93. The molecule has 15 heavy (non-hydrogen) atoms. The summed E-state index contributed by atoms with van der Waals surface area (Å²) in [5.74, 6) is -4.65. The Morgan fingerprint density at radius 1 is 1.33 bits per heavy atom. The molecular formula is C9H7F2NO3. The predicted octanol–water partition coefficient (Wildman–Crippen LogP) is 0.559. The van der Waals surface area contributed by atoms with E-state index in [4.69, 9.17) is 10.8 Å². The summed E-state index contributed by atoms with van der Waals surface area (Å²) in [6.45, 7) is 0. The third-order valence-electron chi connectivity index (χ3n) is 1.75. The van der Waals surface area contributed by atoms with E-state index in [0.29, 0.717) is 6.07 Å². The fourth-order valence-electron chi connectivity index (χ4n) is 0.969. The number of rotatable bonds is 3. The van der Waals surface area contributed by atoms with Crippen molar-refractivity contribution in [3.05, 3.63) is 35.4 Å². The average molecular weight is 215 g/mol. The second kappa shape index (κ2) is 4.14. The molecule has 0 aliphatic carbocycles. The Bertz CT molecular complexity index is 420. The van der Waals surface area contributed by atoms with Gasteiger partial charge < -0.3 is 10.8 Å². The van der Waals surface area contributed by atoms with E-state index >= 15 is 0 Å². The number of Topliss-reactive ketones (excluding diaryl/α,β-unsaturated/α-hetero) is 1. The van der Waals surface area contributed by atoms with E-state index in [-0.39, 0.29) is 0 Å². The Labute approximate surface area is 83.3 Å². The molecule has 1 atom stereocenters. The van der Waals surface area contributed by atoms with Gasteiger partial charge in [-0.3, -0.25) is 9.59 Å². The fourth-order valence-corrected chi connectivity index (χ4v) is 0.969. The van der Waals surface area contributed by atoms with E-state index in [1.807, 2.05) is 0 Å². The minimum Gasteiger partial charge on any atom is -0.480 e. The van der Waals surface area contributed by atoms with Crippen molar-refractivity contribution in [2.75, 3.05) is 0 Å². The lowest BCUT2D eigenvalue weighted by molar-refractivity contribution is -0.137. The van der Waals surface area contributed by atoms with Gasteiger partial charge in [-0.05, 0) is 12.1 Å². The number of carboxylic acids is 1. The summed E-state index contributed by atoms with van der Waals surface area (Å²) in [5, 5.41) is 8.42. The molecule has 0 bridgehead atoms. The minimum absolute atomic E-state index is 0.488. The number of hydrogen-bond donors (Lipinski definition) is 2. The first-order valence-corrected chi connectivity index (χ1v) is 3.91. The lowest BCUT2D eigenvalue weighted by atomic mass is 10.0. The van der Waals surface area contributed by atoms with Crippen LogP contribution in [0.5, 0.6) is 0 Å². The summed E-state index contributed by atoms with van der Waals surface area (Å²) in [5.41, 5.74) is 4.45. The van der Waals surface area contributed by atoms with Crippen molar-refractivity contribution in [1.29, 1.82) is 0 Å². The molecule has 3 N–H and O–H groups in total. The fraction of sp³-hybridized carbons (Fsp3) is 0.111. The topological polar surface area (TPSA) is 80.4 Å². The van der Waals surface area contributed by atoms with E-state index in [1.54, 1.807) is 0 Å². The molecule has 1 aromatic carbocycles. The number of carboxylic acid groups (broad SMARTS) is 1. The molecule has 1 aromatic rings. The van der Waals surface area contributed by atoms with Crippen molar-refractivity contribution < 1.29 is 23.5 Å². The largest absolute Gasteiger partial charge is 0.480 e. The zero-order valence-electron chi connectivity index (χ0n) is 7.41. The molecule has 1 rings (SSSR count). The van der Waals surface area contributed by atoms with Gasteiger partial charge in [0.15, 0.2) is 11.8 Å². The van der Waals surface area contributed by atoms with Crippen LogP contribution in [0.4, 0.5) is 8.78 Å². The number of nitrogens with two attached hydrogens (primary N) is 1. The van der Waals surface area contributed by atoms with Crippen LogP contribution in [0.1, 0.15) is 10.4 Å². The zero-order valence-corrected chi connectivity index (χ0v) is 7.41. The number of aliphatic carboxylic acids is 1. The quantitative estimate of drug-likeness (QED) is 0.570. The standard InChI is InChI=1S/C9H7F2NO3/c10-4-1-2-5(6(11)3-4)8(13)7(12)9(14)15/h1-3,7H,12H2,(H,14,15). The maximum absolute atomic E-state index is 13.0. The van der Waals surface area contributed by atoms with E-state index in [0.717, 1.165) is 12.1 Å². The summed E-state index contributed by atoms with van der Waals surface area (Å²) in [6, 6.07) is 0.354. The number of ketones is 1. The van der Waals surface area contributed by atoms with Crippen LogP contribution in [-0.2, 0) is 4.79 Å². The number of carbonyl (C=O) groups excluding carboxylic acids is 1. The second-order valence-electron chi connectivity index (χ2n) is 2.80. The first-order valence-electron chi connectivity index (χ1n) is 3.91. The molecule has 0 heterocycles. The van der Waals surface area contributed by atoms with Crippen LogP contribution in [0, 0.1) is 11.6 Å². The number of carbonyl (C=O) groups is 2. The molecule has 4 nitrogen and oxygen atoms in total. The van der Waals surface area contributed by atoms with Crippen LogP contribution in [-0.4, -0.2) is 22.9 Å². The number of halogens is 2. The van der Waals surface area contributed by atoms with Crippen LogP contribution in [0.2, 0.25) is 0 Å². The molecule has 0 radical (unpaired) electrons. The van der Waals surface area contributed by atoms with Crippen LogP contribution in [0.25, 0.3) is 0 Å². The summed E-state index contributed by atoms with van der Waals surface area (Å²) in [4.78, 5) is 21.6. The molecule has 0 aliphatic heterocycles. The lowest BCUT2D eigenvalue weighted by Gasteiger charge is -2.06. The molecule has 0 aliphatic rings. The van der Waals surface area contributed by atoms with E-state index in [9.17, 15) is 18.4 Å². The predicted molar refractivity (Wildman–Crippen MR) is 46.3 cm³/mol. The molecule has 0 fully saturated rings. The highest BCUT2D eigenvalue weighted by Crippen LogP contribution is 2.11. The smallest absolute Gasteiger partial charge is 0.328 e. The Morgan fingerprint density at radius 3 is 2.40 bits per heavy atom. The third-order valence-corrected chi connectivity index (χ3v) is 1.75. The van der Waals surface area contributed by atoms with Crippen molar-refractivity contribution in [3.63, 3.8) is 0 Å². The van der Waals surface area contributed by atoms with Crippen molar-refractivity contribution in [2.45, 2.75) is 6.04 Å². The van der Waals surface area contributed by atoms with Crippen molar-refractivity contribution in [3.8, 4) is 0 Å². The second-order valence-corrected chi connectivity index (χ2v) is 2.80. The molecule has 0 spiro atoms. The van der Waals surface area contributed by atoms with Gasteiger partial charge in [-0.2, -0.15) is 0 Å². The molecule has 6 heteroatoms. The lowest BCUT2D eigenvalue weighted by Crippen LogP contribution is -2.38. The van der Waals surface area contributed by atoms with Gasteiger partial charge in [-0.25, -0.2) is 8.78 Å². The monoisotopic (exact) mass is 215 g/mol. The maximum atomic E-state index is 13.0. The average Bonchev–Trinajstić information content (AvgIpc) is 2.15. The van der Waals surface area contributed by atoms with Gasteiger partial charge in [-0.15, -0.1) is 0 Å². The number of benzene rings is 1. The van der Waals surface area contributed by atoms with Crippen molar-refractivity contribution >= 4 is 11.8 Å². The maximum Gasteiger partial charge on any atom is 0.328 e. The SMILES string of the molecule is NC(C(=O)O)C(=O)c1ccc(F)cc1F. The van der Waals surface area contributed by atoms with Crippen molar-refractivity contribution in [1.82, 2.24) is 0 Å². The van der Waals surface area contributed by atoms with Crippen molar-refractivity contribution in [2.24, 2.45) is 5.73 Å². The molecule has 80 valence electrons. The van der Waals surface area contributed by atoms with Gasteiger partial charge in [0.2, 0.25) is 0 Å². The highest BCUT2D eigenvalue weighted by atomic mass is 19.1. The van der Waals surface area contributed by atoms with Crippen LogP contribution in [0.15, 0.2) is 18.2 Å². The molecule has 0 saturated heterocycles. The molecule has 0 aromatic heterocycles. The normalized spacial score (nSPS) is 12.2. The highest BCUT2D eigenvalue weighted by Gasteiger charge is 2.25. The van der Waals surface area contributed by atoms with Gasteiger partial charge in [-0.1, -0.05) is 0 Å². The summed E-state index contributed by atoms with van der Waals surface area (Å²) >= 11 is 0. The Morgan fingerprint density at radius 2 is 1.93 bits per heavy atom. The van der Waals surface area contributed by atoms with Gasteiger partial charge in [0.25, 0.3) is 0 Å². The Hall–Kier alpha value is -1.82. The van der Waals surface area contributed by atoms with Gasteiger partial charge in [0.1, 0.15) is 11.6 Å². The van der Waals surface area contributed by atoms with E-state index < -0.39 is 35.0 Å². The Balaban J connectivity index is 3.07. The summed E-state index contributed by atoms with van der Waals surface area (Å²) in [6.07, 6.45) is 0. The van der Waals surface area contributed by atoms with Crippen LogP contribution < -0.4 is 5.73 Å².